The van der Waals surface area contributed by atoms with Crippen LogP contribution in [0, 0.1) is 54.6 Å². The van der Waals surface area contributed by atoms with Gasteiger partial charge >= 0.3 is 11.8 Å². The Hall–Kier alpha value is -5.15. The fourth-order valence-corrected chi connectivity index (χ4v) is 14.3. The molecule has 0 spiro atoms. The van der Waals surface area contributed by atoms with E-state index < -0.39 is 127 Å². The number of nitro groups is 1. The van der Waals surface area contributed by atoms with Gasteiger partial charge in [-0.3, -0.25) is 18.8 Å². The van der Waals surface area contributed by atoms with Crippen molar-refractivity contribution in [2.24, 2.45) is 23.7 Å². The number of carbonyl (C=O) groups is 2. The number of Topliss-reactive ketones (excluding diaryl/α,β-unsaturated/α-hetero) is 1. The summed E-state index contributed by atoms with van der Waals surface area (Å²) in [6.07, 6.45) is -5.86. The Morgan fingerprint density at radius 3 is 2.12 bits per heavy atom. The van der Waals surface area contributed by atoms with Gasteiger partial charge in [-0.1, -0.05) is 34.6 Å². The van der Waals surface area contributed by atoms with Crippen LogP contribution in [0.2, 0.25) is 0 Å². The lowest BCUT2D eigenvalue weighted by atomic mass is 9.74. The Bertz CT molecular complexity index is 3260. The molecule has 3 aliphatic heterocycles. The molecule has 19 atom stereocenters. The number of ketones is 1. The number of hydrogen-bond donors (Lipinski definition) is 5. The number of cyclic esters (lactones) is 1. The van der Waals surface area contributed by atoms with E-state index in [1.54, 1.807) is 82.7 Å². The number of sulfone groups is 1. The zero-order chi connectivity index (χ0) is 69.3. The molecule has 92 heavy (non-hydrogen) atoms. The lowest BCUT2D eigenvalue weighted by Gasteiger charge is -2.50. The highest BCUT2D eigenvalue weighted by Gasteiger charge is 2.54. The van der Waals surface area contributed by atoms with Crippen LogP contribution in [0.15, 0.2) is 35.7 Å². The molecule has 0 radical (unpaired) electrons. The van der Waals surface area contributed by atoms with Crippen LogP contribution in [-0.4, -0.2) is 217 Å². The van der Waals surface area contributed by atoms with Gasteiger partial charge in [-0.15, -0.1) is 0 Å². The van der Waals surface area contributed by atoms with Gasteiger partial charge in [-0.25, -0.2) is 23.0 Å². The number of likely N-dealkylation sites (N-methyl/N-ethyl adjacent to an activating group) is 1. The largest absolute Gasteiger partial charge is 0.497 e. The first kappa shape index (κ1) is 77.6. The van der Waals surface area contributed by atoms with Gasteiger partial charge in [0.25, 0.3) is 0 Å². The second-order valence-electron chi connectivity index (χ2n) is 25.4. The maximum atomic E-state index is 14.2. The van der Waals surface area contributed by atoms with E-state index >= 15 is 0 Å². The number of fused-ring (bicyclic) bond motifs is 1. The second kappa shape index (κ2) is 32.5. The fourth-order valence-electron chi connectivity index (χ4n) is 12.4. The number of methoxy groups -OCH3 is 4. The summed E-state index contributed by atoms with van der Waals surface area (Å²) in [4.78, 5) is 55.8. The summed E-state index contributed by atoms with van der Waals surface area (Å²) < 4.78 is 91.0. The average Bonchev–Trinajstić information content (AvgIpc) is 1.66. The van der Waals surface area contributed by atoms with E-state index in [4.69, 9.17) is 42.6 Å². The van der Waals surface area contributed by atoms with Crippen molar-refractivity contribution < 1.29 is 90.2 Å². The van der Waals surface area contributed by atoms with Crippen molar-refractivity contribution in [3.63, 3.8) is 0 Å². The molecule has 0 bridgehead atoms. The van der Waals surface area contributed by atoms with Crippen molar-refractivity contribution in [1.82, 2.24) is 29.4 Å². The van der Waals surface area contributed by atoms with Gasteiger partial charge in [-0.05, 0) is 106 Å². The first-order valence-electron chi connectivity index (χ1n) is 31.1. The lowest BCUT2D eigenvalue weighted by molar-refractivity contribution is -0.392. The summed E-state index contributed by atoms with van der Waals surface area (Å²) in [7, 11) is 5.55. The van der Waals surface area contributed by atoms with Crippen LogP contribution in [0.1, 0.15) is 124 Å². The molecule has 3 aliphatic rings. The standard InChI is InChI=1S/C38H69NO13.C17H19N3O3S.C8H13N3O4S/c1-15-26-38(10,45)31(42)21(4)28(40)19(2)17-37(9,47-14)33(52-35-29(41)25(39(11)12)16-20(3)48-35)22(5)30(23(6)34(44)50-26)51-27-18-36(8,46-13)32(43)24(7)49-27;1-10-8-18-15(11(2)16(10)23-4)9-24(21)17-19-13-6-5-12(22-3)7-14(13)20-17;1-3-16(14,15)5-4-10-7(2)9-6-8(10)11(12)13/h19-27,29-33,35,41-43,45H,15-18H2,1-14H3;5-8H,9H2,1-4H3,(H,19,20);6H,3-5H2,1-2H3/t19-,20-,21+,22+,23-,24+,25+,26-,27+,29-,30+,31-,32+,33-,35+,36-,37-,38-;;/m1../s1. The number of rotatable bonds is 18. The van der Waals surface area contributed by atoms with Crippen molar-refractivity contribution in [3.8, 4) is 11.5 Å². The zero-order valence-electron chi connectivity index (χ0n) is 57.0. The average molecular weight is 1340 g/mol. The van der Waals surface area contributed by atoms with Crippen molar-refractivity contribution in [2.45, 2.75) is 224 Å². The Kier molecular flexibility index (Phi) is 27.4. The first-order chi connectivity index (χ1) is 42.9. The molecule has 3 aromatic heterocycles. The Labute approximate surface area is 543 Å². The normalized spacial score (nSPS) is 32.9. The van der Waals surface area contributed by atoms with E-state index in [9.17, 15) is 52.8 Å². The number of imidazole rings is 2. The molecule has 0 amide bonds. The van der Waals surface area contributed by atoms with Gasteiger partial charge < -0.3 is 83.1 Å². The maximum Gasteiger partial charge on any atom is 0.342 e. The van der Waals surface area contributed by atoms with Gasteiger partial charge in [0.1, 0.15) is 53.9 Å². The predicted octanol–water partition coefficient (Wildman–Crippen LogP) is 5.87. The number of ether oxygens (including phenoxy) is 9. The molecule has 1 aromatic carbocycles. The van der Waals surface area contributed by atoms with E-state index in [0.717, 1.165) is 45.6 Å². The zero-order valence-corrected chi connectivity index (χ0v) is 58.7. The third-order valence-corrected chi connectivity index (χ3v) is 21.3. The summed E-state index contributed by atoms with van der Waals surface area (Å²) >= 11 is 0. The summed E-state index contributed by atoms with van der Waals surface area (Å²) in [5.41, 5.74) is -0.0850. The molecule has 3 fully saturated rings. The van der Waals surface area contributed by atoms with Crippen molar-refractivity contribution >= 4 is 49.2 Å². The molecule has 6 heterocycles. The van der Waals surface area contributed by atoms with Crippen molar-refractivity contribution in [2.75, 3.05) is 54.0 Å². The number of nitrogens with one attached hydrogen (secondary N) is 1. The number of hydrogen-bond acceptors (Lipinski definition) is 24. The third kappa shape index (κ3) is 18.2. The summed E-state index contributed by atoms with van der Waals surface area (Å²) in [6.45, 7) is 24.1. The molecule has 3 saturated heterocycles. The van der Waals surface area contributed by atoms with Crippen LogP contribution >= 0.6 is 0 Å². The number of benzene rings is 1. The minimum Gasteiger partial charge on any atom is -0.497 e. The number of pyridine rings is 1. The Morgan fingerprint density at radius 2 is 1.54 bits per heavy atom. The predicted molar refractivity (Wildman–Crippen MR) is 342 cm³/mol. The fraction of sp³-hybridized carbons (Fsp3) is 0.730. The third-order valence-electron chi connectivity index (χ3n) is 18.5. The molecule has 5 N–H and O–H groups in total. The number of H-pyrrole nitrogens is 1. The number of esters is 1. The SMILES string of the molecule is CCS(=O)(=O)CCn1c([N+](=O)[O-])cnc1C.CC[C@H]1OC(=O)[C@H](C)[C@@H](O[C@H]2C[C@@](C)(OC)[C@@H](O)[C@H](C)O2)[C@H](C)[C@@H](O[C@@H]2O[C@H](C)C[C@H](N(C)C)[C@H]2O)[C@](C)(OC)C[C@@H](C)C(=O)[C@H](C)[C@@H](O)[C@]1(C)O.COc1ccc2nc(S(=O)Cc3ncc(C)c(OC)c3C)[nH]c2c1. The molecule has 4 aromatic rings. The van der Waals surface area contributed by atoms with E-state index in [1.165, 1.54) is 25.7 Å². The van der Waals surface area contributed by atoms with E-state index in [-0.39, 0.29) is 66.8 Å². The first-order valence-corrected chi connectivity index (χ1v) is 34.2. The van der Waals surface area contributed by atoms with Crippen LogP contribution in [0.4, 0.5) is 5.82 Å². The van der Waals surface area contributed by atoms with E-state index in [1.807, 2.05) is 64.9 Å². The lowest BCUT2D eigenvalue weighted by Crippen LogP contribution is -2.61. The Morgan fingerprint density at radius 1 is 0.891 bits per heavy atom. The van der Waals surface area contributed by atoms with Crippen LogP contribution in [0.3, 0.4) is 0 Å². The number of nitrogens with zero attached hydrogens (tertiary/aromatic N) is 6. The van der Waals surface area contributed by atoms with Crippen molar-refractivity contribution in [3.05, 3.63) is 63.4 Å². The van der Waals surface area contributed by atoms with Crippen LogP contribution in [-0.2, 0) is 75.7 Å². The summed E-state index contributed by atoms with van der Waals surface area (Å²) in [5.74, 6) is -2.49. The van der Waals surface area contributed by atoms with Gasteiger partial charge in [-0.2, -0.15) is 0 Å². The molecule has 0 aliphatic carbocycles. The van der Waals surface area contributed by atoms with Crippen LogP contribution in [0.5, 0.6) is 11.5 Å². The number of aryl methyl sites for hydroxylation is 2. The summed E-state index contributed by atoms with van der Waals surface area (Å²) in [5, 5.41) is 56.6. The topological polar surface area (TPSA) is 355 Å². The highest BCUT2D eigenvalue weighted by atomic mass is 32.2. The van der Waals surface area contributed by atoms with E-state index in [2.05, 4.69) is 19.9 Å². The maximum absolute atomic E-state index is 14.2. The smallest absolute Gasteiger partial charge is 0.342 e. The molecule has 0 saturated carbocycles. The van der Waals surface area contributed by atoms with Gasteiger partial charge in [0.05, 0.1) is 101 Å². The highest BCUT2D eigenvalue weighted by molar-refractivity contribution is 7.91. The summed E-state index contributed by atoms with van der Waals surface area (Å²) in [6, 6.07) is 5.21. The number of aliphatic hydroxyl groups excluding tert-OH is 3. The van der Waals surface area contributed by atoms with E-state index in [0.29, 0.717) is 17.4 Å². The molecular weight excluding hydrogens is 1240 g/mol. The molecular formula is C63H101N7O20S2. The minimum atomic E-state index is -3.13. The quantitative estimate of drug-likeness (QED) is 0.0441. The number of carbonyl (C=O) groups excluding carboxylic acids is 2. The van der Waals surface area contributed by atoms with Gasteiger partial charge in [0, 0.05) is 80.5 Å². The molecule has 520 valence electrons. The monoisotopic (exact) mass is 1340 g/mol. The number of aliphatic hydroxyl groups is 4. The van der Waals surface area contributed by atoms with Crippen LogP contribution < -0.4 is 9.47 Å². The van der Waals surface area contributed by atoms with Gasteiger partial charge in [0.15, 0.2) is 33.4 Å². The Balaban J connectivity index is 0.000000311. The van der Waals surface area contributed by atoms with Crippen molar-refractivity contribution in [1.29, 1.82) is 0 Å². The highest BCUT2D eigenvalue weighted by Crippen LogP contribution is 2.42. The number of aromatic amines is 1. The molecule has 29 heteroatoms. The second-order valence-corrected chi connectivity index (χ2v) is 29.2. The minimum absolute atomic E-state index is 0.0363. The molecule has 27 nitrogen and oxygen atoms in total. The van der Waals surface area contributed by atoms with Gasteiger partial charge in [0.2, 0.25) is 0 Å². The number of aromatic nitrogens is 5. The molecule has 7 rings (SSSR count). The molecule has 1 unspecified atom stereocenters. The van der Waals surface area contributed by atoms with Crippen LogP contribution in [0.25, 0.3) is 11.0 Å².